The largest absolute Gasteiger partial charge is 0.480 e. The Kier molecular flexibility index (Phi) is 5.97. The number of carbonyl (C=O) groups is 1. The summed E-state index contributed by atoms with van der Waals surface area (Å²) in [5.41, 5.74) is 8.28. The van der Waals surface area contributed by atoms with E-state index in [0.717, 1.165) is 24.9 Å². The first kappa shape index (κ1) is 24.3. The molecule has 1 amide bonds. The number of nitrogens with two attached hydrogens (primary N) is 1. The Bertz CT molecular complexity index is 1410. The molecule has 4 N–H and O–H groups in total. The van der Waals surface area contributed by atoms with E-state index < -0.39 is 23.1 Å². The lowest BCUT2D eigenvalue weighted by atomic mass is 9.80. The predicted octanol–water partition coefficient (Wildman–Crippen LogP) is 4.65. The van der Waals surface area contributed by atoms with Crippen LogP contribution in [0.1, 0.15) is 45.5 Å². The van der Waals surface area contributed by atoms with Gasteiger partial charge in [-0.3, -0.25) is 4.79 Å². The van der Waals surface area contributed by atoms with Gasteiger partial charge < -0.3 is 21.1 Å². The molecular weight excluding hydrogens is 496 g/mol. The molecule has 1 saturated heterocycles. The van der Waals surface area contributed by atoms with Gasteiger partial charge in [0.05, 0.1) is 16.6 Å². The topological polar surface area (TPSA) is 76.4 Å². The Labute approximate surface area is 219 Å². The van der Waals surface area contributed by atoms with E-state index in [1.165, 1.54) is 13.1 Å². The fourth-order valence-corrected chi connectivity index (χ4v) is 6.61. The summed E-state index contributed by atoms with van der Waals surface area (Å²) < 4.78 is 38.3. The number of fused-ring (bicyclic) bond motifs is 2. The van der Waals surface area contributed by atoms with Gasteiger partial charge in [0.15, 0.2) is 5.60 Å². The van der Waals surface area contributed by atoms with Crippen LogP contribution >= 0.6 is 11.6 Å². The highest BCUT2D eigenvalue weighted by Gasteiger charge is 2.50. The molecule has 1 aliphatic carbocycles. The maximum absolute atomic E-state index is 16.3. The molecule has 1 fully saturated rings. The first-order valence-corrected chi connectivity index (χ1v) is 13.0. The molecule has 0 spiro atoms. The molecule has 6 rings (SSSR count). The Morgan fingerprint density at radius 1 is 1.16 bits per heavy atom. The van der Waals surface area contributed by atoms with Crippen LogP contribution in [0, 0.1) is 11.6 Å². The minimum atomic E-state index is -0.825. The number of hydrogen-bond acceptors (Lipinski definition) is 4. The standard InChI is InChI=1S/C29H28ClF2N3O2/c1-34-28(36)19-11-15-10-17(33)12-18(15)27(32)25(19)24-20-14-29(23-8-5-9-35-23,16-6-3-2-4-7-16)37-22(20)13-21(31)26(24)30/h2-4,6-7,11,13,17,23,35H,5,8-10,12,14,33H2,1H3,(H,34,36)/t17?,23-,29-/m0/s1. The van der Waals surface area contributed by atoms with Gasteiger partial charge in [0.25, 0.3) is 5.91 Å². The van der Waals surface area contributed by atoms with Crippen molar-refractivity contribution in [3.63, 3.8) is 0 Å². The second-order valence-electron chi connectivity index (χ2n) is 10.2. The summed E-state index contributed by atoms with van der Waals surface area (Å²) in [5.74, 6) is -1.46. The zero-order chi connectivity index (χ0) is 25.9. The van der Waals surface area contributed by atoms with Crippen molar-refractivity contribution in [3.8, 4) is 16.9 Å². The van der Waals surface area contributed by atoms with Crippen LogP contribution in [-0.4, -0.2) is 31.6 Å². The van der Waals surface area contributed by atoms with Crippen molar-refractivity contribution in [2.45, 2.75) is 49.8 Å². The number of halogens is 3. The van der Waals surface area contributed by atoms with E-state index in [9.17, 15) is 4.79 Å². The molecule has 3 atom stereocenters. The van der Waals surface area contributed by atoms with Crippen molar-refractivity contribution >= 4 is 17.5 Å². The predicted molar refractivity (Wildman–Crippen MR) is 139 cm³/mol. The summed E-state index contributed by atoms with van der Waals surface area (Å²) in [4.78, 5) is 13.0. The Morgan fingerprint density at radius 3 is 2.65 bits per heavy atom. The molecule has 0 saturated carbocycles. The molecule has 2 aliphatic heterocycles. The van der Waals surface area contributed by atoms with E-state index in [4.69, 9.17) is 22.1 Å². The van der Waals surface area contributed by atoms with E-state index in [1.54, 1.807) is 6.07 Å². The first-order valence-electron chi connectivity index (χ1n) is 12.6. The van der Waals surface area contributed by atoms with Crippen molar-refractivity contribution in [3.05, 3.63) is 86.9 Å². The third-order valence-electron chi connectivity index (χ3n) is 8.03. The number of rotatable bonds is 4. The number of amides is 1. The molecule has 5 nitrogen and oxygen atoms in total. The summed E-state index contributed by atoms with van der Waals surface area (Å²) in [6.07, 6.45) is 3.03. The Hall–Kier alpha value is -3.00. The van der Waals surface area contributed by atoms with Gasteiger partial charge in [-0.2, -0.15) is 0 Å². The lowest BCUT2D eigenvalue weighted by molar-refractivity contribution is 0.0539. The monoisotopic (exact) mass is 523 g/mol. The Balaban J connectivity index is 1.60. The van der Waals surface area contributed by atoms with Crippen molar-refractivity contribution < 1.29 is 18.3 Å². The molecule has 1 unspecified atom stereocenters. The van der Waals surface area contributed by atoms with Gasteiger partial charge in [0, 0.05) is 42.3 Å². The van der Waals surface area contributed by atoms with Crippen molar-refractivity contribution in [2.24, 2.45) is 5.73 Å². The van der Waals surface area contributed by atoms with E-state index in [2.05, 4.69) is 10.6 Å². The second-order valence-corrected chi connectivity index (χ2v) is 10.6. The van der Waals surface area contributed by atoms with E-state index in [1.807, 2.05) is 30.3 Å². The highest BCUT2D eigenvalue weighted by atomic mass is 35.5. The third-order valence-corrected chi connectivity index (χ3v) is 8.40. The van der Waals surface area contributed by atoms with E-state index in [-0.39, 0.29) is 33.8 Å². The average Bonchev–Trinajstić information content (AvgIpc) is 3.64. The zero-order valence-corrected chi connectivity index (χ0v) is 21.2. The maximum Gasteiger partial charge on any atom is 0.251 e. The minimum Gasteiger partial charge on any atom is -0.480 e. The SMILES string of the molecule is CNC(=O)c1cc2c(c(F)c1-c1c(Cl)c(F)cc3c1C[C@](c1ccccc1)([C@@H]1CCCN1)O3)CC(N)C2. The number of nitrogens with one attached hydrogen (secondary N) is 2. The maximum atomic E-state index is 16.3. The Morgan fingerprint density at radius 2 is 1.95 bits per heavy atom. The van der Waals surface area contributed by atoms with Crippen LogP contribution in [0.2, 0.25) is 5.02 Å². The lowest BCUT2D eigenvalue weighted by Crippen LogP contribution is -2.48. The van der Waals surface area contributed by atoms with Crippen molar-refractivity contribution in [2.75, 3.05) is 13.6 Å². The molecule has 3 aromatic rings. The van der Waals surface area contributed by atoms with Gasteiger partial charge >= 0.3 is 0 Å². The fraction of sp³-hybridized carbons (Fsp3) is 0.345. The molecular formula is C29H28ClF2N3O2. The van der Waals surface area contributed by atoms with E-state index in [0.29, 0.717) is 41.7 Å². The normalized spacial score (nSPS) is 24.0. The van der Waals surface area contributed by atoms with Crippen LogP contribution in [-0.2, 0) is 24.9 Å². The van der Waals surface area contributed by atoms with Crippen LogP contribution in [0.15, 0.2) is 42.5 Å². The summed E-state index contributed by atoms with van der Waals surface area (Å²) >= 11 is 6.61. The van der Waals surface area contributed by atoms with Gasteiger partial charge in [-0.15, -0.1) is 0 Å². The fourth-order valence-electron chi connectivity index (χ4n) is 6.34. The number of hydrogen-bond donors (Lipinski definition) is 3. The highest BCUT2D eigenvalue weighted by Crippen LogP contribution is 2.52. The lowest BCUT2D eigenvalue weighted by Gasteiger charge is -2.35. The van der Waals surface area contributed by atoms with Gasteiger partial charge in [-0.05, 0) is 55.0 Å². The molecule has 0 radical (unpaired) electrons. The van der Waals surface area contributed by atoms with Gasteiger partial charge in [0.1, 0.15) is 17.4 Å². The summed E-state index contributed by atoms with van der Waals surface area (Å²) in [7, 11) is 1.48. The van der Waals surface area contributed by atoms with Gasteiger partial charge in [-0.25, -0.2) is 8.78 Å². The summed E-state index contributed by atoms with van der Waals surface area (Å²) in [6, 6.07) is 12.5. The summed E-state index contributed by atoms with van der Waals surface area (Å²) in [5, 5.41) is 5.92. The molecule has 3 aromatic carbocycles. The van der Waals surface area contributed by atoms with Crippen LogP contribution < -0.4 is 21.1 Å². The molecule has 3 aliphatic rings. The molecule has 2 heterocycles. The first-order chi connectivity index (χ1) is 17.8. The second kappa shape index (κ2) is 9.08. The van der Waals surface area contributed by atoms with E-state index >= 15 is 8.78 Å². The van der Waals surface area contributed by atoms with Gasteiger partial charge in [-0.1, -0.05) is 41.9 Å². The summed E-state index contributed by atoms with van der Waals surface area (Å²) in [6.45, 7) is 0.849. The van der Waals surface area contributed by atoms with Gasteiger partial charge in [0.2, 0.25) is 0 Å². The molecule has 192 valence electrons. The van der Waals surface area contributed by atoms with Crippen LogP contribution in [0.25, 0.3) is 11.1 Å². The third kappa shape index (κ3) is 3.75. The quantitative estimate of drug-likeness (QED) is 0.465. The molecule has 8 heteroatoms. The minimum absolute atomic E-state index is 0.000192. The smallest absolute Gasteiger partial charge is 0.251 e. The number of benzene rings is 3. The zero-order valence-electron chi connectivity index (χ0n) is 20.5. The number of carbonyl (C=O) groups excluding carboxylic acids is 1. The molecule has 37 heavy (non-hydrogen) atoms. The molecule has 0 aromatic heterocycles. The highest BCUT2D eigenvalue weighted by molar-refractivity contribution is 6.34. The number of ether oxygens (including phenoxy) is 1. The van der Waals surface area contributed by atoms with Crippen molar-refractivity contribution in [1.29, 1.82) is 0 Å². The molecule has 0 bridgehead atoms. The van der Waals surface area contributed by atoms with Crippen LogP contribution in [0.4, 0.5) is 8.78 Å². The van der Waals surface area contributed by atoms with Crippen LogP contribution in [0.3, 0.4) is 0 Å². The average molecular weight is 524 g/mol. The van der Waals surface area contributed by atoms with Crippen LogP contribution in [0.5, 0.6) is 5.75 Å². The van der Waals surface area contributed by atoms with Crippen molar-refractivity contribution in [1.82, 2.24) is 10.6 Å².